The van der Waals surface area contributed by atoms with Crippen LogP contribution in [0, 0.1) is 0 Å². The fraction of sp³-hybridized carbons (Fsp3) is 0.467. The second-order valence-electron chi connectivity index (χ2n) is 5.58. The predicted molar refractivity (Wildman–Crippen MR) is 83.1 cm³/mol. The Labute approximate surface area is 130 Å². The molecule has 1 aromatic carbocycles. The average molecular weight is 324 g/mol. The molecule has 1 saturated heterocycles. The Bertz CT molecular complexity index is 667. The Kier molecular flexibility index (Phi) is 4.85. The topological polar surface area (TPSA) is 83.6 Å². The van der Waals surface area contributed by atoms with Gasteiger partial charge in [0.25, 0.3) is 5.91 Å². The lowest BCUT2D eigenvalue weighted by atomic mass is 10.1. The first-order valence-corrected chi connectivity index (χ1v) is 8.91. The molecule has 1 N–H and O–H groups in total. The number of benzene rings is 1. The molecule has 1 aliphatic heterocycles. The van der Waals surface area contributed by atoms with Crippen molar-refractivity contribution >= 4 is 21.7 Å². The summed E-state index contributed by atoms with van der Waals surface area (Å²) in [5.74, 6) is -0.114. The SMILES string of the molecule is CC(=O)NCc1ccc(C(=O)N(C)C2CCS(=O)(=O)C2)cc1. The number of carbonyl (C=O) groups is 2. The first-order valence-electron chi connectivity index (χ1n) is 7.09. The van der Waals surface area contributed by atoms with E-state index >= 15 is 0 Å². The first kappa shape index (κ1) is 16.5. The van der Waals surface area contributed by atoms with E-state index in [0.29, 0.717) is 18.5 Å². The van der Waals surface area contributed by atoms with Gasteiger partial charge in [-0.25, -0.2) is 8.42 Å². The molecule has 2 amide bonds. The molecule has 1 heterocycles. The van der Waals surface area contributed by atoms with Crippen LogP contribution in [0.3, 0.4) is 0 Å². The maximum atomic E-state index is 12.4. The van der Waals surface area contributed by atoms with E-state index < -0.39 is 9.84 Å². The van der Waals surface area contributed by atoms with E-state index in [1.54, 1.807) is 31.3 Å². The van der Waals surface area contributed by atoms with Gasteiger partial charge in [0.1, 0.15) is 0 Å². The summed E-state index contributed by atoms with van der Waals surface area (Å²) < 4.78 is 23.0. The second kappa shape index (κ2) is 6.48. The first-order chi connectivity index (χ1) is 10.3. The van der Waals surface area contributed by atoms with Crippen LogP contribution in [0.25, 0.3) is 0 Å². The van der Waals surface area contributed by atoms with Crippen molar-refractivity contribution in [2.24, 2.45) is 0 Å². The van der Waals surface area contributed by atoms with E-state index in [4.69, 9.17) is 0 Å². The number of carbonyl (C=O) groups excluding carboxylic acids is 2. The van der Waals surface area contributed by atoms with Crippen molar-refractivity contribution in [1.29, 1.82) is 0 Å². The largest absolute Gasteiger partial charge is 0.352 e. The molecule has 1 fully saturated rings. The highest BCUT2D eigenvalue weighted by Gasteiger charge is 2.32. The van der Waals surface area contributed by atoms with Crippen molar-refractivity contribution in [3.05, 3.63) is 35.4 Å². The summed E-state index contributed by atoms with van der Waals surface area (Å²) in [4.78, 5) is 24.7. The summed E-state index contributed by atoms with van der Waals surface area (Å²) >= 11 is 0. The number of amides is 2. The Morgan fingerprint density at radius 1 is 1.27 bits per heavy atom. The lowest BCUT2D eigenvalue weighted by Gasteiger charge is -2.23. The standard InChI is InChI=1S/C15H20N2O4S/c1-11(18)16-9-12-3-5-13(6-4-12)15(19)17(2)14-7-8-22(20,21)10-14/h3-6,14H,7-10H2,1-2H3,(H,16,18). The quantitative estimate of drug-likeness (QED) is 0.878. The molecule has 0 saturated carbocycles. The van der Waals surface area contributed by atoms with Gasteiger partial charge in [0.2, 0.25) is 5.91 Å². The van der Waals surface area contributed by atoms with E-state index in [-0.39, 0.29) is 29.4 Å². The van der Waals surface area contributed by atoms with Gasteiger partial charge >= 0.3 is 0 Å². The third-order valence-electron chi connectivity index (χ3n) is 3.82. The second-order valence-corrected chi connectivity index (χ2v) is 7.81. The fourth-order valence-corrected chi connectivity index (χ4v) is 4.22. The molecule has 0 aliphatic carbocycles. The van der Waals surface area contributed by atoms with Gasteiger partial charge < -0.3 is 10.2 Å². The van der Waals surface area contributed by atoms with Gasteiger partial charge in [-0.3, -0.25) is 9.59 Å². The van der Waals surface area contributed by atoms with Crippen molar-refractivity contribution in [2.75, 3.05) is 18.6 Å². The van der Waals surface area contributed by atoms with Crippen molar-refractivity contribution in [1.82, 2.24) is 10.2 Å². The zero-order chi connectivity index (χ0) is 16.3. The number of sulfone groups is 1. The van der Waals surface area contributed by atoms with Gasteiger partial charge in [-0.15, -0.1) is 0 Å². The molecule has 6 nitrogen and oxygen atoms in total. The molecule has 1 atom stereocenters. The molecule has 120 valence electrons. The molecule has 0 spiro atoms. The predicted octanol–water partition coefficient (Wildman–Crippen LogP) is 0.582. The summed E-state index contributed by atoms with van der Waals surface area (Å²) in [5, 5.41) is 2.69. The highest BCUT2D eigenvalue weighted by atomic mass is 32.2. The minimum absolute atomic E-state index is 0.0376. The van der Waals surface area contributed by atoms with Crippen LogP contribution in [0.15, 0.2) is 24.3 Å². The summed E-state index contributed by atoms with van der Waals surface area (Å²) in [5.41, 5.74) is 1.41. The molecule has 1 aliphatic rings. The Hall–Kier alpha value is -1.89. The molecule has 2 rings (SSSR count). The van der Waals surface area contributed by atoms with E-state index in [1.807, 2.05) is 0 Å². The highest BCUT2D eigenvalue weighted by molar-refractivity contribution is 7.91. The fourth-order valence-electron chi connectivity index (χ4n) is 2.44. The van der Waals surface area contributed by atoms with Crippen LogP contribution in [-0.2, 0) is 21.2 Å². The van der Waals surface area contributed by atoms with Gasteiger partial charge in [-0.05, 0) is 24.1 Å². The Balaban J connectivity index is 2.01. The summed E-state index contributed by atoms with van der Waals surface area (Å²) in [6, 6.07) is 6.69. The van der Waals surface area contributed by atoms with Crippen LogP contribution < -0.4 is 5.32 Å². The molecule has 1 unspecified atom stereocenters. The molecule has 0 bridgehead atoms. The van der Waals surface area contributed by atoms with Crippen LogP contribution in [0.4, 0.5) is 0 Å². The van der Waals surface area contributed by atoms with E-state index in [0.717, 1.165) is 5.56 Å². The Morgan fingerprint density at radius 3 is 2.41 bits per heavy atom. The van der Waals surface area contributed by atoms with Crippen LogP contribution in [0.2, 0.25) is 0 Å². The van der Waals surface area contributed by atoms with Crippen molar-refractivity contribution < 1.29 is 18.0 Å². The molecule has 0 radical (unpaired) electrons. The molecule has 1 aromatic rings. The Morgan fingerprint density at radius 2 is 1.91 bits per heavy atom. The average Bonchev–Trinajstić information content (AvgIpc) is 2.84. The van der Waals surface area contributed by atoms with Gasteiger partial charge in [0, 0.05) is 32.1 Å². The van der Waals surface area contributed by atoms with Crippen LogP contribution in [-0.4, -0.2) is 49.7 Å². The maximum Gasteiger partial charge on any atom is 0.253 e. The third kappa shape index (κ3) is 4.07. The number of rotatable bonds is 4. The summed E-state index contributed by atoms with van der Waals surface area (Å²) in [7, 11) is -1.37. The zero-order valence-corrected chi connectivity index (χ0v) is 13.5. The van der Waals surface area contributed by atoms with Crippen LogP contribution >= 0.6 is 0 Å². The molecule has 22 heavy (non-hydrogen) atoms. The number of hydrogen-bond acceptors (Lipinski definition) is 4. The summed E-state index contributed by atoms with van der Waals surface area (Å²) in [6.07, 6.45) is 0.491. The van der Waals surface area contributed by atoms with E-state index in [9.17, 15) is 18.0 Å². The maximum absolute atomic E-state index is 12.4. The van der Waals surface area contributed by atoms with Crippen LogP contribution in [0.1, 0.15) is 29.3 Å². The van der Waals surface area contributed by atoms with Crippen LogP contribution in [0.5, 0.6) is 0 Å². The number of nitrogens with zero attached hydrogens (tertiary/aromatic N) is 1. The summed E-state index contributed by atoms with van der Waals surface area (Å²) in [6.45, 7) is 1.86. The number of hydrogen-bond donors (Lipinski definition) is 1. The van der Waals surface area contributed by atoms with Gasteiger partial charge in [-0.1, -0.05) is 12.1 Å². The van der Waals surface area contributed by atoms with Crippen molar-refractivity contribution in [2.45, 2.75) is 25.9 Å². The number of nitrogens with one attached hydrogen (secondary N) is 1. The van der Waals surface area contributed by atoms with Gasteiger partial charge in [-0.2, -0.15) is 0 Å². The van der Waals surface area contributed by atoms with E-state index in [1.165, 1.54) is 11.8 Å². The third-order valence-corrected chi connectivity index (χ3v) is 5.57. The van der Waals surface area contributed by atoms with Crippen molar-refractivity contribution in [3.8, 4) is 0 Å². The smallest absolute Gasteiger partial charge is 0.253 e. The molecule has 0 aromatic heterocycles. The minimum Gasteiger partial charge on any atom is -0.352 e. The minimum atomic E-state index is -3.01. The monoisotopic (exact) mass is 324 g/mol. The lowest BCUT2D eigenvalue weighted by Crippen LogP contribution is -2.37. The van der Waals surface area contributed by atoms with Crippen molar-refractivity contribution in [3.63, 3.8) is 0 Å². The van der Waals surface area contributed by atoms with Gasteiger partial charge in [0.05, 0.1) is 11.5 Å². The highest BCUT2D eigenvalue weighted by Crippen LogP contribution is 2.18. The van der Waals surface area contributed by atoms with Gasteiger partial charge in [0.15, 0.2) is 9.84 Å². The molecular weight excluding hydrogens is 304 g/mol. The van der Waals surface area contributed by atoms with E-state index in [2.05, 4.69) is 5.32 Å². The zero-order valence-electron chi connectivity index (χ0n) is 12.7. The lowest BCUT2D eigenvalue weighted by molar-refractivity contribution is -0.119. The molecule has 7 heteroatoms. The molecular formula is C15H20N2O4S. The normalized spacial score (nSPS) is 19.6.